The molecule has 0 amide bonds. The van der Waals surface area contributed by atoms with E-state index in [9.17, 15) is 0 Å². The second-order valence-corrected chi connectivity index (χ2v) is 6.72. The fourth-order valence-corrected chi connectivity index (χ4v) is 3.14. The Morgan fingerprint density at radius 3 is 2.86 bits per heavy atom. The van der Waals surface area contributed by atoms with Gasteiger partial charge in [0.05, 0.1) is 16.7 Å². The molecule has 1 atom stereocenters. The maximum absolute atomic E-state index is 6.01. The molecule has 0 radical (unpaired) electrons. The summed E-state index contributed by atoms with van der Waals surface area (Å²) in [5.74, 6) is 1.43. The first-order chi connectivity index (χ1) is 10.2. The highest BCUT2D eigenvalue weighted by Gasteiger charge is 2.20. The predicted molar refractivity (Wildman–Crippen MR) is 90.6 cm³/mol. The van der Waals surface area contributed by atoms with Crippen LogP contribution in [0.3, 0.4) is 0 Å². The van der Waals surface area contributed by atoms with Gasteiger partial charge in [0, 0.05) is 18.5 Å². The third-order valence-electron chi connectivity index (χ3n) is 4.06. The average molecular weight is 330 g/mol. The molecule has 1 aromatic carbocycles. The monoisotopic (exact) mass is 329 g/mol. The number of ether oxygens (including phenoxy) is 1. The Kier molecular flexibility index (Phi) is 7.15. The molecule has 0 saturated carbocycles. The summed E-state index contributed by atoms with van der Waals surface area (Å²) >= 11 is 11.9. The summed E-state index contributed by atoms with van der Waals surface area (Å²) in [5.41, 5.74) is 0. The molecule has 4 heteroatoms. The number of benzene rings is 1. The molecule has 2 rings (SSSR count). The highest BCUT2D eigenvalue weighted by Crippen LogP contribution is 2.27. The van der Waals surface area contributed by atoms with Crippen LogP contribution in [-0.2, 0) is 0 Å². The van der Waals surface area contributed by atoms with Gasteiger partial charge in [0.2, 0.25) is 0 Å². The SMILES string of the molecule is CCCCCN1CCCC(COc2ccc(Cl)c(Cl)c2)C1. The molecule has 0 spiro atoms. The molecule has 0 N–H and O–H groups in total. The fraction of sp³-hybridized carbons (Fsp3) is 0.647. The zero-order valence-corrected chi connectivity index (χ0v) is 14.3. The number of hydrogen-bond acceptors (Lipinski definition) is 2. The van der Waals surface area contributed by atoms with Gasteiger partial charge < -0.3 is 9.64 Å². The van der Waals surface area contributed by atoms with Gasteiger partial charge in [-0.05, 0) is 44.5 Å². The molecule has 0 aromatic heterocycles. The molecule has 118 valence electrons. The quantitative estimate of drug-likeness (QED) is 0.631. The summed E-state index contributed by atoms with van der Waals surface area (Å²) in [6.07, 6.45) is 6.47. The van der Waals surface area contributed by atoms with Crippen LogP contribution in [-0.4, -0.2) is 31.1 Å². The second kappa shape index (κ2) is 8.87. The summed E-state index contributed by atoms with van der Waals surface area (Å²) in [6.45, 7) is 6.65. The zero-order valence-electron chi connectivity index (χ0n) is 12.8. The van der Waals surface area contributed by atoms with Crippen LogP contribution in [0, 0.1) is 5.92 Å². The summed E-state index contributed by atoms with van der Waals surface area (Å²) in [4.78, 5) is 2.59. The van der Waals surface area contributed by atoms with Gasteiger partial charge in [-0.1, -0.05) is 43.0 Å². The van der Waals surface area contributed by atoms with Gasteiger partial charge in [-0.2, -0.15) is 0 Å². The van der Waals surface area contributed by atoms with Crippen LogP contribution < -0.4 is 4.74 Å². The van der Waals surface area contributed by atoms with Crippen LogP contribution in [0.1, 0.15) is 39.0 Å². The number of nitrogens with zero attached hydrogens (tertiary/aromatic N) is 1. The molecule has 0 aliphatic carbocycles. The van der Waals surface area contributed by atoms with E-state index in [0.717, 1.165) is 18.9 Å². The maximum Gasteiger partial charge on any atom is 0.120 e. The first kappa shape index (κ1) is 16.9. The lowest BCUT2D eigenvalue weighted by Crippen LogP contribution is -2.38. The number of piperidine rings is 1. The Morgan fingerprint density at radius 1 is 1.24 bits per heavy atom. The van der Waals surface area contributed by atoms with Crippen molar-refractivity contribution in [3.05, 3.63) is 28.2 Å². The van der Waals surface area contributed by atoms with E-state index in [4.69, 9.17) is 27.9 Å². The Balaban J connectivity index is 1.75. The summed E-state index contributed by atoms with van der Waals surface area (Å²) in [5, 5.41) is 1.13. The number of halogens is 2. The predicted octanol–water partition coefficient (Wildman–Crippen LogP) is 5.27. The fourth-order valence-electron chi connectivity index (χ4n) is 2.86. The molecule has 0 bridgehead atoms. The van der Waals surface area contributed by atoms with Crippen LogP contribution in [0.25, 0.3) is 0 Å². The highest BCUT2D eigenvalue weighted by atomic mass is 35.5. The van der Waals surface area contributed by atoms with Gasteiger partial charge in [-0.25, -0.2) is 0 Å². The van der Waals surface area contributed by atoms with Gasteiger partial charge in [0.15, 0.2) is 0 Å². The lowest BCUT2D eigenvalue weighted by molar-refractivity contribution is 0.128. The largest absolute Gasteiger partial charge is 0.493 e. The molecule has 1 fully saturated rings. The van der Waals surface area contributed by atoms with Crippen LogP contribution in [0.5, 0.6) is 5.75 Å². The van der Waals surface area contributed by atoms with Crippen LogP contribution >= 0.6 is 23.2 Å². The van der Waals surface area contributed by atoms with E-state index in [1.54, 1.807) is 12.1 Å². The minimum Gasteiger partial charge on any atom is -0.493 e. The van der Waals surface area contributed by atoms with Crippen molar-refractivity contribution in [3.63, 3.8) is 0 Å². The van der Waals surface area contributed by atoms with Crippen molar-refractivity contribution < 1.29 is 4.74 Å². The van der Waals surface area contributed by atoms with Crippen molar-refractivity contribution in [2.24, 2.45) is 5.92 Å². The van der Waals surface area contributed by atoms with Gasteiger partial charge in [0.25, 0.3) is 0 Å². The van der Waals surface area contributed by atoms with E-state index in [-0.39, 0.29) is 0 Å². The summed E-state index contributed by atoms with van der Waals surface area (Å²) < 4.78 is 5.89. The minimum atomic E-state index is 0.555. The van der Waals surface area contributed by atoms with Gasteiger partial charge in [0.1, 0.15) is 5.75 Å². The molecule has 1 heterocycles. The number of rotatable bonds is 7. The number of unbranched alkanes of at least 4 members (excludes halogenated alkanes) is 2. The van der Waals surface area contributed by atoms with Crippen LogP contribution in [0.15, 0.2) is 18.2 Å². The molecule has 1 aliphatic rings. The Morgan fingerprint density at radius 2 is 2.10 bits per heavy atom. The smallest absolute Gasteiger partial charge is 0.120 e. The summed E-state index contributed by atoms with van der Waals surface area (Å²) in [7, 11) is 0. The molecule has 2 nitrogen and oxygen atoms in total. The topological polar surface area (TPSA) is 12.5 Å². The zero-order chi connectivity index (χ0) is 15.1. The van der Waals surface area contributed by atoms with Gasteiger partial charge in [-0.15, -0.1) is 0 Å². The highest BCUT2D eigenvalue weighted by molar-refractivity contribution is 6.42. The van der Waals surface area contributed by atoms with E-state index in [2.05, 4.69) is 11.8 Å². The van der Waals surface area contributed by atoms with Crippen molar-refractivity contribution in [2.75, 3.05) is 26.2 Å². The first-order valence-electron chi connectivity index (χ1n) is 7.99. The van der Waals surface area contributed by atoms with E-state index in [0.29, 0.717) is 16.0 Å². The van der Waals surface area contributed by atoms with E-state index in [1.807, 2.05) is 6.07 Å². The third kappa shape index (κ3) is 5.69. The van der Waals surface area contributed by atoms with Crippen LogP contribution in [0.2, 0.25) is 10.0 Å². The Labute approximate surface area is 138 Å². The number of hydrogen-bond donors (Lipinski definition) is 0. The Hall–Kier alpha value is -0.440. The van der Waals surface area contributed by atoms with Crippen molar-refractivity contribution >= 4 is 23.2 Å². The number of likely N-dealkylation sites (tertiary alicyclic amines) is 1. The lowest BCUT2D eigenvalue weighted by Gasteiger charge is -2.32. The standard InChI is InChI=1S/C17H25Cl2NO/c1-2-3-4-9-20-10-5-6-14(12-20)13-21-15-7-8-16(18)17(19)11-15/h7-8,11,14H,2-6,9-10,12-13H2,1H3. The lowest BCUT2D eigenvalue weighted by atomic mass is 9.98. The van der Waals surface area contributed by atoms with Crippen molar-refractivity contribution in [2.45, 2.75) is 39.0 Å². The molecule has 1 saturated heterocycles. The maximum atomic E-state index is 6.01. The van der Waals surface area contributed by atoms with Gasteiger partial charge >= 0.3 is 0 Å². The van der Waals surface area contributed by atoms with Crippen molar-refractivity contribution in [1.29, 1.82) is 0 Å². The van der Waals surface area contributed by atoms with Crippen LogP contribution in [0.4, 0.5) is 0 Å². The molecule has 1 unspecified atom stereocenters. The second-order valence-electron chi connectivity index (χ2n) is 5.90. The van der Waals surface area contributed by atoms with E-state index in [1.165, 1.54) is 45.2 Å². The molecular formula is C17H25Cl2NO. The average Bonchev–Trinajstić information content (AvgIpc) is 2.49. The minimum absolute atomic E-state index is 0.555. The van der Waals surface area contributed by atoms with Crippen molar-refractivity contribution in [1.82, 2.24) is 4.90 Å². The van der Waals surface area contributed by atoms with E-state index < -0.39 is 0 Å². The normalized spacial score (nSPS) is 19.7. The molecular weight excluding hydrogens is 305 g/mol. The molecule has 21 heavy (non-hydrogen) atoms. The van der Waals surface area contributed by atoms with Crippen molar-refractivity contribution in [3.8, 4) is 5.75 Å². The van der Waals surface area contributed by atoms with Gasteiger partial charge in [-0.3, -0.25) is 0 Å². The molecule has 1 aromatic rings. The third-order valence-corrected chi connectivity index (χ3v) is 4.80. The summed E-state index contributed by atoms with van der Waals surface area (Å²) in [6, 6.07) is 5.47. The van der Waals surface area contributed by atoms with E-state index >= 15 is 0 Å². The first-order valence-corrected chi connectivity index (χ1v) is 8.75. The molecule has 1 aliphatic heterocycles. The Bertz CT molecular complexity index is 439.